The fourth-order valence-electron chi connectivity index (χ4n) is 8.80. The summed E-state index contributed by atoms with van der Waals surface area (Å²) in [7, 11) is 0. The minimum atomic E-state index is -0.598. The van der Waals surface area contributed by atoms with Gasteiger partial charge in [-0.25, -0.2) is 15.0 Å². The van der Waals surface area contributed by atoms with Crippen LogP contribution in [0, 0.1) is 0 Å². The third kappa shape index (κ3) is 4.76. The highest BCUT2D eigenvalue weighted by atomic mass is 15.0. The second-order valence-electron chi connectivity index (χ2n) is 14.1. The third-order valence-corrected chi connectivity index (χ3v) is 11.2. The van der Waals surface area contributed by atoms with Crippen molar-refractivity contribution in [2.24, 2.45) is 0 Å². The molecular formula is C50H31N5. The molecule has 0 saturated carbocycles. The third-order valence-electron chi connectivity index (χ3n) is 11.2. The summed E-state index contributed by atoms with van der Waals surface area (Å²) in [6.07, 6.45) is 7.20. The zero-order valence-corrected chi connectivity index (χ0v) is 29.6. The summed E-state index contributed by atoms with van der Waals surface area (Å²) in [5, 5.41) is 0. The molecule has 0 unspecified atom stereocenters. The highest BCUT2D eigenvalue weighted by Crippen LogP contribution is 2.61. The van der Waals surface area contributed by atoms with Crippen LogP contribution in [0.3, 0.4) is 0 Å². The molecule has 0 N–H and O–H groups in total. The number of benzene rings is 6. The summed E-state index contributed by atoms with van der Waals surface area (Å²) < 4.78 is 0. The van der Waals surface area contributed by atoms with E-state index in [9.17, 15) is 0 Å². The van der Waals surface area contributed by atoms with Crippen LogP contribution in [0.15, 0.2) is 189 Å². The van der Waals surface area contributed by atoms with Crippen molar-refractivity contribution in [1.29, 1.82) is 0 Å². The van der Waals surface area contributed by atoms with Crippen LogP contribution in [0.4, 0.5) is 0 Å². The Morgan fingerprint density at radius 2 is 0.745 bits per heavy atom. The van der Waals surface area contributed by atoms with Gasteiger partial charge in [0.2, 0.25) is 0 Å². The molecule has 3 aromatic heterocycles. The largest absolute Gasteiger partial charge is 0.265 e. The predicted octanol–water partition coefficient (Wildman–Crippen LogP) is 11.3. The molecule has 0 bridgehead atoms. The second-order valence-corrected chi connectivity index (χ2v) is 14.1. The molecule has 2 aliphatic carbocycles. The van der Waals surface area contributed by atoms with Crippen LogP contribution in [0.5, 0.6) is 0 Å². The van der Waals surface area contributed by atoms with Gasteiger partial charge >= 0.3 is 0 Å². The van der Waals surface area contributed by atoms with Crippen molar-refractivity contribution in [3.8, 4) is 78.7 Å². The van der Waals surface area contributed by atoms with Crippen LogP contribution >= 0.6 is 0 Å². The molecule has 0 aliphatic heterocycles. The molecule has 6 aromatic carbocycles. The lowest BCUT2D eigenvalue weighted by Gasteiger charge is -2.35. The van der Waals surface area contributed by atoms with Crippen LogP contribution < -0.4 is 0 Å². The molecule has 0 saturated heterocycles. The molecule has 55 heavy (non-hydrogen) atoms. The standard InChI is InChI=1S/C50H31N5/c1-2-12-38-37(11-1)39-13-3-6-16-43(39)50(44-17-7-4-14-40(44)41-15-5-8-18-45(41)50)46-30-35(23-24-42(38)46)48-53-47(54-49(55-48)36-10-9-27-52-31-36)34-21-19-32(20-22-34)33-25-28-51-29-26-33/h1-31H. The highest BCUT2D eigenvalue weighted by Gasteiger charge is 2.49. The minimum Gasteiger partial charge on any atom is -0.265 e. The van der Waals surface area contributed by atoms with Crippen molar-refractivity contribution >= 4 is 0 Å². The van der Waals surface area contributed by atoms with E-state index in [2.05, 4.69) is 149 Å². The first-order valence-electron chi connectivity index (χ1n) is 18.5. The van der Waals surface area contributed by atoms with Gasteiger partial charge in [-0.15, -0.1) is 0 Å². The smallest absolute Gasteiger partial charge is 0.165 e. The first kappa shape index (κ1) is 31.2. The van der Waals surface area contributed by atoms with Gasteiger partial charge in [-0.05, 0) is 97.1 Å². The van der Waals surface area contributed by atoms with Gasteiger partial charge in [0.25, 0.3) is 0 Å². The Balaban J connectivity index is 1.18. The quantitative estimate of drug-likeness (QED) is 0.183. The Labute approximate surface area is 318 Å². The molecule has 2 aliphatic rings. The van der Waals surface area contributed by atoms with Crippen LogP contribution in [-0.4, -0.2) is 24.9 Å². The Hall–Kier alpha value is -7.37. The lowest BCUT2D eigenvalue weighted by Crippen LogP contribution is -2.29. The maximum atomic E-state index is 5.21. The Morgan fingerprint density at radius 3 is 1.33 bits per heavy atom. The molecule has 9 aromatic rings. The predicted molar refractivity (Wildman–Crippen MR) is 219 cm³/mol. The van der Waals surface area contributed by atoms with Crippen LogP contribution in [0.1, 0.15) is 22.3 Å². The second kappa shape index (κ2) is 12.4. The molecule has 11 rings (SSSR count). The monoisotopic (exact) mass is 701 g/mol. The van der Waals surface area contributed by atoms with E-state index < -0.39 is 5.41 Å². The van der Waals surface area contributed by atoms with Gasteiger partial charge in [0.05, 0.1) is 5.41 Å². The Morgan fingerprint density at radius 1 is 0.291 bits per heavy atom. The van der Waals surface area contributed by atoms with Gasteiger partial charge in [0.15, 0.2) is 17.5 Å². The van der Waals surface area contributed by atoms with Gasteiger partial charge < -0.3 is 0 Å². The van der Waals surface area contributed by atoms with E-state index in [0.717, 1.165) is 27.8 Å². The maximum Gasteiger partial charge on any atom is 0.165 e. The van der Waals surface area contributed by atoms with Crippen LogP contribution in [0.2, 0.25) is 0 Å². The first-order chi connectivity index (χ1) is 27.3. The lowest BCUT2D eigenvalue weighted by molar-refractivity contribution is 0.775. The number of aromatic nitrogens is 5. The van der Waals surface area contributed by atoms with Crippen molar-refractivity contribution in [2.45, 2.75) is 5.41 Å². The minimum absolute atomic E-state index is 0.572. The molecule has 0 amide bonds. The van der Waals surface area contributed by atoms with Crippen molar-refractivity contribution in [3.63, 3.8) is 0 Å². The molecule has 0 radical (unpaired) electrons. The average molecular weight is 702 g/mol. The average Bonchev–Trinajstić information content (AvgIpc) is 3.52. The van der Waals surface area contributed by atoms with E-state index in [4.69, 9.17) is 15.0 Å². The molecule has 256 valence electrons. The molecule has 0 atom stereocenters. The summed E-state index contributed by atoms with van der Waals surface area (Å²) in [5.41, 5.74) is 16.6. The van der Waals surface area contributed by atoms with E-state index in [1.54, 1.807) is 6.20 Å². The topological polar surface area (TPSA) is 64.5 Å². The van der Waals surface area contributed by atoms with Crippen LogP contribution in [-0.2, 0) is 5.41 Å². The first-order valence-corrected chi connectivity index (χ1v) is 18.5. The number of hydrogen-bond acceptors (Lipinski definition) is 5. The molecule has 5 heteroatoms. The fraction of sp³-hybridized carbons (Fsp3) is 0.0200. The Bertz CT molecular complexity index is 2880. The van der Waals surface area contributed by atoms with Crippen molar-refractivity contribution in [2.75, 3.05) is 0 Å². The van der Waals surface area contributed by atoms with E-state index in [0.29, 0.717) is 17.5 Å². The van der Waals surface area contributed by atoms with E-state index in [1.165, 1.54) is 55.6 Å². The van der Waals surface area contributed by atoms with E-state index >= 15 is 0 Å². The SMILES string of the molecule is c1cncc(-c2nc(-c3ccc(-c4ccncc4)cc3)nc(-c3ccc4c(c3)C3(c5ccccc5-c5ccccc5-4)c4ccccc4-c4ccccc43)n2)c1. The summed E-state index contributed by atoms with van der Waals surface area (Å²) in [5.74, 6) is 1.77. The fourth-order valence-corrected chi connectivity index (χ4v) is 8.80. The number of hydrogen-bond donors (Lipinski definition) is 0. The van der Waals surface area contributed by atoms with Gasteiger partial charge in [0, 0.05) is 41.5 Å². The number of pyridine rings is 2. The zero-order valence-electron chi connectivity index (χ0n) is 29.6. The van der Waals surface area contributed by atoms with E-state index in [-0.39, 0.29) is 0 Å². The lowest BCUT2D eigenvalue weighted by atomic mass is 9.65. The van der Waals surface area contributed by atoms with Crippen molar-refractivity contribution in [1.82, 2.24) is 24.9 Å². The van der Waals surface area contributed by atoms with Crippen molar-refractivity contribution in [3.05, 3.63) is 211 Å². The van der Waals surface area contributed by atoms with Gasteiger partial charge in [0.1, 0.15) is 0 Å². The summed E-state index contributed by atoms with van der Waals surface area (Å²) in [4.78, 5) is 24.0. The molecule has 0 fully saturated rings. The van der Waals surface area contributed by atoms with Crippen molar-refractivity contribution < 1.29 is 0 Å². The maximum absolute atomic E-state index is 5.21. The molecule has 1 spiro atoms. The Kier molecular flexibility index (Phi) is 7.01. The van der Waals surface area contributed by atoms with Gasteiger partial charge in [-0.2, -0.15) is 0 Å². The molecule has 5 nitrogen and oxygen atoms in total. The van der Waals surface area contributed by atoms with Gasteiger partial charge in [-0.1, -0.05) is 133 Å². The summed E-state index contributed by atoms with van der Waals surface area (Å²) in [6.45, 7) is 0. The summed E-state index contributed by atoms with van der Waals surface area (Å²) in [6, 6.07) is 58.7. The zero-order chi connectivity index (χ0) is 36.3. The number of rotatable bonds is 4. The van der Waals surface area contributed by atoms with E-state index in [1.807, 2.05) is 42.9 Å². The van der Waals surface area contributed by atoms with Crippen LogP contribution in [0.25, 0.3) is 78.7 Å². The molecular weight excluding hydrogens is 671 g/mol. The van der Waals surface area contributed by atoms with Gasteiger partial charge in [-0.3, -0.25) is 9.97 Å². The normalized spacial score (nSPS) is 12.9. The molecule has 3 heterocycles. The highest BCUT2D eigenvalue weighted by molar-refractivity contribution is 5.97. The number of nitrogens with zero attached hydrogens (tertiary/aromatic N) is 5. The number of fused-ring (bicyclic) bond motifs is 12. The summed E-state index contributed by atoms with van der Waals surface area (Å²) >= 11 is 0.